The van der Waals surface area contributed by atoms with Crippen molar-refractivity contribution in [1.82, 2.24) is 0 Å². The monoisotopic (exact) mass is 212 g/mol. The van der Waals surface area contributed by atoms with Crippen LogP contribution in [0.3, 0.4) is 0 Å². The zero-order chi connectivity index (χ0) is 10.6. The van der Waals surface area contributed by atoms with E-state index in [1.165, 1.54) is 12.1 Å². The first kappa shape index (κ1) is 10.9. The Labute approximate surface area is 84.1 Å². The lowest BCUT2D eigenvalue weighted by Crippen LogP contribution is -2.05. The first-order valence-electron chi connectivity index (χ1n) is 4.22. The van der Waals surface area contributed by atoms with Crippen LogP contribution in [0.2, 0.25) is 0 Å². The highest BCUT2D eigenvalue weighted by Crippen LogP contribution is 2.14. The van der Waals surface area contributed by atoms with Crippen LogP contribution in [0.1, 0.15) is 12.5 Å². The normalized spacial score (nSPS) is 11.2. The maximum atomic E-state index is 11.4. The molecule has 0 fully saturated rings. The highest BCUT2D eigenvalue weighted by molar-refractivity contribution is 7.86. The number of hydrogen-bond acceptors (Lipinski definition) is 3. The molecule has 0 aromatic heterocycles. The van der Waals surface area contributed by atoms with Crippen molar-refractivity contribution in [3.63, 3.8) is 0 Å². The van der Waals surface area contributed by atoms with Gasteiger partial charge < -0.3 is 0 Å². The van der Waals surface area contributed by atoms with Gasteiger partial charge in [0.25, 0.3) is 10.1 Å². The summed E-state index contributed by atoms with van der Waals surface area (Å²) < 4.78 is 27.5. The van der Waals surface area contributed by atoms with Gasteiger partial charge in [-0.2, -0.15) is 8.42 Å². The fraction of sp³-hybridized carbons (Fsp3) is 0.200. The molecule has 0 N–H and O–H groups in total. The van der Waals surface area contributed by atoms with Crippen molar-refractivity contribution in [3.8, 4) is 0 Å². The third-order valence-corrected chi connectivity index (χ3v) is 3.03. The molecule has 1 aromatic rings. The van der Waals surface area contributed by atoms with Crippen LogP contribution >= 0.6 is 0 Å². The van der Waals surface area contributed by atoms with Crippen LogP contribution in [0.25, 0.3) is 6.08 Å². The van der Waals surface area contributed by atoms with Crippen LogP contribution in [-0.2, 0) is 14.3 Å². The van der Waals surface area contributed by atoms with Crippen LogP contribution in [0.5, 0.6) is 0 Å². The van der Waals surface area contributed by atoms with Gasteiger partial charge in [0.2, 0.25) is 0 Å². The van der Waals surface area contributed by atoms with Crippen LogP contribution in [0.15, 0.2) is 35.7 Å². The molecule has 0 aliphatic rings. The lowest BCUT2D eigenvalue weighted by molar-refractivity contribution is 0.338. The quantitative estimate of drug-likeness (QED) is 0.717. The standard InChI is InChI=1S/C10H12O3S/c1-3-9-6-5-7-10(8-9)14(11,12)13-4-2/h3,5-8H,1,4H2,2H3. The van der Waals surface area contributed by atoms with E-state index in [1.807, 2.05) is 0 Å². The van der Waals surface area contributed by atoms with Gasteiger partial charge in [-0.3, -0.25) is 4.18 Å². The average molecular weight is 212 g/mol. The molecule has 0 aliphatic heterocycles. The van der Waals surface area contributed by atoms with E-state index < -0.39 is 10.1 Å². The van der Waals surface area contributed by atoms with Gasteiger partial charge in [-0.1, -0.05) is 24.8 Å². The molecule has 0 aliphatic carbocycles. The summed E-state index contributed by atoms with van der Waals surface area (Å²) >= 11 is 0. The predicted octanol–water partition coefficient (Wildman–Crippen LogP) is 2.05. The minimum Gasteiger partial charge on any atom is -0.267 e. The van der Waals surface area contributed by atoms with Gasteiger partial charge in [0.05, 0.1) is 11.5 Å². The second kappa shape index (κ2) is 4.39. The van der Waals surface area contributed by atoms with Crippen molar-refractivity contribution in [2.75, 3.05) is 6.61 Å². The molecule has 14 heavy (non-hydrogen) atoms. The molecule has 0 saturated carbocycles. The lowest BCUT2D eigenvalue weighted by atomic mass is 10.2. The van der Waals surface area contributed by atoms with Gasteiger partial charge in [-0.15, -0.1) is 0 Å². The maximum absolute atomic E-state index is 11.4. The molecule has 0 radical (unpaired) electrons. The Balaban J connectivity index is 3.13. The van der Waals surface area contributed by atoms with Crippen molar-refractivity contribution in [2.45, 2.75) is 11.8 Å². The summed E-state index contributed by atoms with van der Waals surface area (Å²) in [7, 11) is -3.59. The summed E-state index contributed by atoms with van der Waals surface area (Å²) in [6, 6.07) is 6.46. The van der Waals surface area contributed by atoms with Gasteiger partial charge >= 0.3 is 0 Å². The summed E-state index contributed by atoms with van der Waals surface area (Å²) in [4.78, 5) is 0.164. The molecule has 1 aromatic carbocycles. The fourth-order valence-corrected chi connectivity index (χ4v) is 1.99. The van der Waals surface area contributed by atoms with Gasteiger partial charge in [-0.05, 0) is 24.6 Å². The molecule has 0 saturated heterocycles. The van der Waals surface area contributed by atoms with E-state index >= 15 is 0 Å². The second-order valence-corrected chi connectivity index (χ2v) is 4.25. The van der Waals surface area contributed by atoms with Crippen molar-refractivity contribution in [3.05, 3.63) is 36.4 Å². The molecule has 76 valence electrons. The molecular formula is C10H12O3S. The summed E-state index contributed by atoms with van der Waals surface area (Å²) in [5, 5.41) is 0. The van der Waals surface area contributed by atoms with E-state index in [0.29, 0.717) is 0 Å². The van der Waals surface area contributed by atoms with E-state index in [-0.39, 0.29) is 11.5 Å². The van der Waals surface area contributed by atoms with Crippen LogP contribution in [-0.4, -0.2) is 15.0 Å². The highest BCUT2D eigenvalue weighted by Gasteiger charge is 2.13. The summed E-state index contributed by atoms with van der Waals surface area (Å²) in [6.07, 6.45) is 1.59. The van der Waals surface area contributed by atoms with Gasteiger partial charge in [-0.25, -0.2) is 0 Å². The van der Waals surface area contributed by atoms with E-state index in [9.17, 15) is 8.42 Å². The first-order chi connectivity index (χ1) is 6.60. The fourth-order valence-electron chi connectivity index (χ4n) is 1.02. The Morgan fingerprint density at radius 2 is 2.21 bits per heavy atom. The van der Waals surface area contributed by atoms with Gasteiger partial charge in [0.1, 0.15) is 0 Å². The Hall–Kier alpha value is -1.13. The molecule has 0 bridgehead atoms. The van der Waals surface area contributed by atoms with Crippen LogP contribution in [0, 0.1) is 0 Å². The number of benzene rings is 1. The summed E-state index contributed by atoms with van der Waals surface area (Å²) in [5.41, 5.74) is 0.755. The first-order valence-corrected chi connectivity index (χ1v) is 5.63. The molecule has 0 heterocycles. The molecule has 4 heteroatoms. The second-order valence-electron chi connectivity index (χ2n) is 2.64. The molecule has 0 unspecified atom stereocenters. The molecule has 0 spiro atoms. The number of rotatable bonds is 4. The molecule has 1 rings (SSSR count). The van der Waals surface area contributed by atoms with Crippen molar-refractivity contribution in [1.29, 1.82) is 0 Å². The number of hydrogen-bond donors (Lipinski definition) is 0. The zero-order valence-electron chi connectivity index (χ0n) is 7.93. The minimum atomic E-state index is -3.59. The Kier molecular flexibility index (Phi) is 3.43. The van der Waals surface area contributed by atoms with E-state index in [1.54, 1.807) is 25.1 Å². The minimum absolute atomic E-state index is 0.140. The molecule has 0 atom stereocenters. The van der Waals surface area contributed by atoms with E-state index in [0.717, 1.165) is 5.56 Å². The van der Waals surface area contributed by atoms with Gasteiger partial charge in [0, 0.05) is 0 Å². The zero-order valence-corrected chi connectivity index (χ0v) is 8.75. The Bertz CT molecular complexity index is 421. The lowest BCUT2D eigenvalue weighted by Gasteiger charge is -2.03. The van der Waals surface area contributed by atoms with Crippen molar-refractivity contribution < 1.29 is 12.6 Å². The van der Waals surface area contributed by atoms with Crippen LogP contribution < -0.4 is 0 Å². The largest absolute Gasteiger partial charge is 0.296 e. The third kappa shape index (κ3) is 2.43. The smallest absolute Gasteiger partial charge is 0.267 e. The Morgan fingerprint density at radius 3 is 2.79 bits per heavy atom. The third-order valence-electron chi connectivity index (χ3n) is 1.66. The molecule has 3 nitrogen and oxygen atoms in total. The SMILES string of the molecule is C=Cc1cccc(S(=O)(=O)OCC)c1. The summed E-state index contributed by atoms with van der Waals surface area (Å²) in [5.74, 6) is 0. The van der Waals surface area contributed by atoms with Crippen molar-refractivity contribution in [2.24, 2.45) is 0 Å². The average Bonchev–Trinajstić information content (AvgIpc) is 2.18. The predicted molar refractivity (Wildman–Crippen MR) is 55.3 cm³/mol. The summed E-state index contributed by atoms with van der Waals surface area (Å²) in [6.45, 7) is 5.34. The van der Waals surface area contributed by atoms with Crippen molar-refractivity contribution >= 4 is 16.2 Å². The Morgan fingerprint density at radius 1 is 1.50 bits per heavy atom. The maximum Gasteiger partial charge on any atom is 0.296 e. The molecular weight excluding hydrogens is 200 g/mol. The topological polar surface area (TPSA) is 43.4 Å². The van der Waals surface area contributed by atoms with E-state index in [2.05, 4.69) is 10.8 Å². The van der Waals surface area contributed by atoms with Crippen LogP contribution in [0.4, 0.5) is 0 Å². The highest BCUT2D eigenvalue weighted by atomic mass is 32.2. The van der Waals surface area contributed by atoms with Gasteiger partial charge in [0.15, 0.2) is 0 Å². The molecule has 0 amide bonds. The van der Waals surface area contributed by atoms with E-state index in [4.69, 9.17) is 0 Å².